The highest BCUT2D eigenvalue weighted by molar-refractivity contribution is 5.70. The monoisotopic (exact) mass is 350 g/mol. The molecule has 2 aromatic heterocycles. The minimum absolute atomic E-state index is 0.00509. The quantitative estimate of drug-likeness (QED) is 0.435. The minimum Gasteiger partial charge on any atom is -0.382 e. The lowest BCUT2D eigenvalue weighted by atomic mass is 10.0. The number of anilines is 1. The van der Waals surface area contributed by atoms with E-state index >= 15 is 0 Å². The smallest absolute Gasteiger partial charge is 0.280 e. The summed E-state index contributed by atoms with van der Waals surface area (Å²) < 4.78 is 18.5. The highest BCUT2D eigenvalue weighted by Gasteiger charge is 2.44. The van der Waals surface area contributed by atoms with Crippen LogP contribution in [-0.2, 0) is 14.2 Å². The number of fused-ring (bicyclic) bond motifs is 1. The van der Waals surface area contributed by atoms with E-state index in [9.17, 15) is 4.79 Å². The molecular formula is C13H18N8O4. The number of nitrogen functional groups attached to an aromatic ring is 1. The molecule has 12 heteroatoms. The Bertz CT molecular complexity index is 857. The van der Waals surface area contributed by atoms with Crippen LogP contribution in [0.1, 0.15) is 13.2 Å². The van der Waals surface area contributed by atoms with Gasteiger partial charge in [0.1, 0.15) is 19.1 Å². The predicted octanol–water partition coefficient (Wildman–Crippen LogP) is 0.535. The minimum atomic E-state index is -0.491. The highest BCUT2D eigenvalue weighted by atomic mass is 16.6. The second-order valence-electron chi connectivity index (χ2n) is 5.65. The molecule has 0 spiro atoms. The van der Waals surface area contributed by atoms with Crippen molar-refractivity contribution in [1.82, 2.24) is 19.5 Å². The summed E-state index contributed by atoms with van der Waals surface area (Å²) in [6.45, 7) is 2.10. The maximum Gasteiger partial charge on any atom is 0.280 e. The molecule has 2 aromatic rings. The van der Waals surface area contributed by atoms with Crippen LogP contribution in [0.5, 0.6) is 0 Å². The molecule has 0 bridgehead atoms. The van der Waals surface area contributed by atoms with Crippen molar-refractivity contribution in [3.05, 3.63) is 27.1 Å². The lowest BCUT2D eigenvalue weighted by Gasteiger charge is -2.20. The molecule has 0 aromatic carbocycles. The first-order chi connectivity index (χ1) is 12.1. The molecule has 134 valence electrons. The van der Waals surface area contributed by atoms with Crippen molar-refractivity contribution in [1.29, 1.82) is 0 Å². The molecule has 1 fully saturated rings. The Morgan fingerprint density at radius 1 is 1.60 bits per heavy atom. The van der Waals surface area contributed by atoms with E-state index in [4.69, 9.17) is 25.5 Å². The van der Waals surface area contributed by atoms with Gasteiger partial charge in [-0.05, 0) is 5.53 Å². The first-order valence-electron chi connectivity index (χ1n) is 7.56. The Morgan fingerprint density at radius 2 is 2.40 bits per heavy atom. The highest BCUT2D eigenvalue weighted by Crippen LogP contribution is 2.37. The van der Waals surface area contributed by atoms with Gasteiger partial charge in [-0.3, -0.25) is 14.3 Å². The van der Waals surface area contributed by atoms with Gasteiger partial charge in [-0.25, -0.2) is 4.98 Å². The number of azide groups is 1. The molecule has 1 aliphatic rings. The van der Waals surface area contributed by atoms with Crippen molar-refractivity contribution >= 4 is 17.1 Å². The zero-order valence-corrected chi connectivity index (χ0v) is 13.7. The molecule has 0 saturated carbocycles. The Morgan fingerprint density at radius 3 is 3.12 bits per heavy atom. The lowest BCUT2D eigenvalue weighted by Crippen LogP contribution is -2.32. The van der Waals surface area contributed by atoms with Crippen LogP contribution in [0.25, 0.3) is 21.6 Å². The summed E-state index contributed by atoms with van der Waals surface area (Å²) in [5, 5.41) is 3.39. The number of nitrogens with two attached hydrogens (primary N) is 1. The van der Waals surface area contributed by atoms with Crippen LogP contribution in [0.4, 0.5) is 5.95 Å². The van der Waals surface area contributed by atoms with Crippen molar-refractivity contribution in [2.45, 2.75) is 25.4 Å². The molecular weight excluding hydrogens is 332 g/mol. The van der Waals surface area contributed by atoms with Gasteiger partial charge in [-0.1, -0.05) is 12.0 Å². The van der Waals surface area contributed by atoms with Crippen LogP contribution in [0, 0.1) is 5.92 Å². The summed E-state index contributed by atoms with van der Waals surface area (Å²) in [6.07, 6.45) is 0.241. The summed E-state index contributed by atoms with van der Waals surface area (Å²) in [6, 6.07) is 0. The Balaban J connectivity index is 1.94. The van der Waals surface area contributed by atoms with Crippen LogP contribution >= 0.6 is 0 Å². The van der Waals surface area contributed by atoms with E-state index in [1.54, 1.807) is 11.7 Å². The van der Waals surface area contributed by atoms with Crippen LogP contribution in [0.3, 0.4) is 0 Å². The van der Waals surface area contributed by atoms with Crippen LogP contribution in [0.15, 0.2) is 16.2 Å². The number of H-pyrrole nitrogens is 1. The summed E-state index contributed by atoms with van der Waals surface area (Å²) in [7, 11) is 1.56. The van der Waals surface area contributed by atoms with E-state index in [2.05, 4.69) is 25.0 Å². The number of hydrogen-bond acceptors (Lipinski definition) is 8. The Labute approximate surface area is 141 Å². The SMILES string of the molecule is COC[C@H]1O[C@@H](n2cnc3c(=O)[nH]c(N)nc32)[C@H](C)C1OCN=[N+]=[N-]. The second kappa shape index (κ2) is 7.07. The maximum atomic E-state index is 11.9. The van der Waals surface area contributed by atoms with Crippen molar-refractivity contribution in [2.24, 2.45) is 11.0 Å². The van der Waals surface area contributed by atoms with Gasteiger partial charge in [0.2, 0.25) is 5.95 Å². The molecule has 1 unspecified atom stereocenters. The van der Waals surface area contributed by atoms with Gasteiger partial charge < -0.3 is 19.9 Å². The standard InChI is InChI=1S/C13H18N8O4/c1-6-9(24-5-17-20-15)7(3-23-2)25-12(6)21-4-16-8-10(21)18-13(14)19-11(8)22/h4,6-7,9,12H,3,5H2,1-2H3,(H3,14,18,19,22)/t6-,7-,9?,12-/m1/s1. The summed E-state index contributed by atoms with van der Waals surface area (Å²) in [5.74, 6) is -0.150. The average Bonchev–Trinajstić information content (AvgIpc) is 3.11. The third-order valence-corrected chi connectivity index (χ3v) is 4.09. The van der Waals surface area contributed by atoms with Crippen LogP contribution < -0.4 is 11.3 Å². The third-order valence-electron chi connectivity index (χ3n) is 4.09. The summed E-state index contributed by atoms with van der Waals surface area (Å²) in [5.41, 5.74) is 14.1. The number of aromatic amines is 1. The van der Waals surface area contributed by atoms with Crippen molar-refractivity contribution in [3.63, 3.8) is 0 Å². The fraction of sp³-hybridized carbons (Fsp3) is 0.615. The third kappa shape index (κ3) is 3.15. The number of ether oxygens (including phenoxy) is 3. The van der Waals surface area contributed by atoms with Crippen molar-refractivity contribution in [2.75, 3.05) is 26.2 Å². The number of hydrogen-bond donors (Lipinski definition) is 2. The molecule has 1 saturated heterocycles. The van der Waals surface area contributed by atoms with Crippen LogP contribution in [-0.4, -0.2) is 52.2 Å². The van der Waals surface area contributed by atoms with Gasteiger partial charge in [-0.2, -0.15) is 4.98 Å². The fourth-order valence-electron chi connectivity index (χ4n) is 3.03. The number of nitrogens with zero attached hydrogens (tertiary/aromatic N) is 6. The van der Waals surface area contributed by atoms with Gasteiger partial charge in [0.05, 0.1) is 19.0 Å². The largest absolute Gasteiger partial charge is 0.382 e. The summed E-state index contributed by atoms with van der Waals surface area (Å²) >= 11 is 0. The van der Waals surface area contributed by atoms with Crippen molar-refractivity contribution < 1.29 is 14.2 Å². The van der Waals surface area contributed by atoms with Gasteiger partial charge in [0, 0.05) is 17.9 Å². The van der Waals surface area contributed by atoms with E-state index < -0.39 is 11.8 Å². The number of rotatable bonds is 6. The molecule has 0 amide bonds. The van der Waals surface area contributed by atoms with Gasteiger partial charge >= 0.3 is 0 Å². The van der Waals surface area contributed by atoms with Gasteiger partial charge in [0.25, 0.3) is 5.56 Å². The fourth-order valence-corrected chi connectivity index (χ4v) is 3.03. The van der Waals surface area contributed by atoms with Gasteiger partial charge in [0.15, 0.2) is 11.2 Å². The van der Waals surface area contributed by atoms with E-state index in [1.165, 1.54) is 6.33 Å². The van der Waals surface area contributed by atoms with Gasteiger partial charge in [-0.15, -0.1) is 0 Å². The Hall–Kier alpha value is -2.66. The molecule has 3 rings (SSSR count). The first-order valence-corrected chi connectivity index (χ1v) is 7.56. The molecule has 12 nitrogen and oxygen atoms in total. The number of nitrogens with one attached hydrogen (secondary N) is 1. The number of imidazole rings is 1. The van der Waals surface area contributed by atoms with E-state index in [0.29, 0.717) is 12.3 Å². The molecule has 0 aliphatic carbocycles. The van der Waals surface area contributed by atoms with E-state index in [-0.39, 0.29) is 36.3 Å². The lowest BCUT2D eigenvalue weighted by molar-refractivity contribution is -0.0672. The molecule has 1 aliphatic heterocycles. The zero-order chi connectivity index (χ0) is 18.0. The second-order valence-corrected chi connectivity index (χ2v) is 5.65. The number of methoxy groups -OCH3 is 1. The maximum absolute atomic E-state index is 11.9. The number of aromatic nitrogens is 4. The topological polar surface area (TPSA) is 166 Å². The molecule has 25 heavy (non-hydrogen) atoms. The zero-order valence-electron chi connectivity index (χ0n) is 13.7. The van der Waals surface area contributed by atoms with E-state index in [1.807, 2.05) is 6.92 Å². The van der Waals surface area contributed by atoms with Crippen LogP contribution in [0.2, 0.25) is 0 Å². The average molecular weight is 350 g/mol. The molecule has 0 radical (unpaired) electrons. The molecule has 4 atom stereocenters. The molecule has 3 N–H and O–H groups in total. The summed E-state index contributed by atoms with van der Waals surface area (Å²) in [4.78, 5) is 25.3. The van der Waals surface area contributed by atoms with E-state index in [0.717, 1.165) is 0 Å². The normalized spacial score (nSPS) is 26.0. The molecule has 3 heterocycles. The van der Waals surface area contributed by atoms with Crippen molar-refractivity contribution in [3.8, 4) is 0 Å². The Kier molecular flexibility index (Phi) is 4.86. The first kappa shape index (κ1) is 17.2. The predicted molar refractivity (Wildman–Crippen MR) is 86.4 cm³/mol.